The van der Waals surface area contributed by atoms with E-state index in [0.717, 1.165) is 17.7 Å². The van der Waals surface area contributed by atoms with Crippen molar-refractivity contribution in [3.8, 4) is 5.75 Å². The van der Waals surface area contributed by atoms with Crippen LogP contribution < -0.4 is 15.4 Å². The molecular weight excluding hydrogens is 393 g/mol. The third kappa shape index (κ3) is 8.32. The molecule has 2 aromatic carbocycles. The monoisotopic (exact) mass is 422 g/mol. The van der Waals surface area contributed by atoms with Gasteiger partial charge in [-0.1, -0.05) is 36.4 Å². The number of halogens is 3. The number of ether oxygens (including phenoxy) is 1. The first-order valence-corrected chi connectivity index (χ1v) is 9.62. The molecular formula is C22H29F3N4O. The Bertz CT molecular complexity index is 851. The highest BCUT2D eigenvalue weighted by Crippen LogP contribution is 2.23. The summed E-state index contributed by atoms with van der Waals surface area (Å²) in [6.07, 6.45) is -4.38. The molecule has 0 radical (unpaired) electrons. The quantitative estimate of drug-likeness (QED) is 0.501. The van der Waals surface area contributed by atoms with Gasteiger partial charge in [0.1, 0.15) is 5.75 Å². The average Bonchev–Trinajstić information content (AvgIpc) is 2.67. The van der Waals surface area contributed by atoms with Gasteiger partial charge >= 0.3 is 6.18 Å². The number of hydrogen-bond donors (Lipinski definition) is 2. The molecule has 0 saturated carbocycles. The standard InChI is InChI=1S/C22H29F3N4O/c1-16-8-9-19(20(10-16)30-15-22(23,24)25)13-28-21(26-2)27-12-17-6-5-7-18(11-17)14-29(3)4/h5-11H,12-15H2,1-4H3,(H2,26,27,28). The molecule has 0 aliphatic heterocycles. The average molecular weight is 422 g/mol. The molecule has 2 N–H and O–H groups in total. The second kappa shape index (κ2) is 10.9. The number of rotatable bonds is 8. The first-order valence-electron chi connectivity index (χ1n) is 9.62. The number of guanidine groups is 1. The van der Waals surface area contributed by atoms with Gasteiger partial charge in [0.25, 0.3) is 0 Å². The minimum Gasteiger partial charge on any atom is -0.484 e. The highest BCUT2D eigenvalue weighted by atomic mass is 19.4. The van der Waals surface area contributed by atoms with Crippen molar-refractivity contribution >= 4 is 5.96 Å². The summed E-state index contributed by atoms with van der Waals surface area (Å²) < 4.78 is 42.6. The molecule has 2 rings (SSSR count). The molecule has 0 fully saturated rings. The third-order valence-electron chi connectivity index (χ3n) is 4.23. The van der Waals surface area contributed by atoms with Crippen LogP contribution in [0.5, 0.6) is 5.75 Å². The lowest BCUT2D eigenvalue weighted by atomic mass is 10.1. The molecule has 2 aromatic rings. The molecule has 0 aromatic heterocycles. The van der Waals surface area contributed by atoms with Crippen molar-refractivity contribution in [2.45, 2.75) is 32.7 Å². The molecule has 0 unspecified atom stereocenters. The summed E-state index contributed by atoms with van der Waals surface area (Å²) in [6, 6.07) is 13.5. The number of benzene rings is 2. The SMILES string of the molecule is CN=C(NCc1cccc(CN(C)C)c1)NCc1ccc(C)cc1OCC(F)(F)F. The van der Waals surface area contributed by atoms with Gasteiger partial charge < -0.3 is 20.3 Å². The summed E-state index contributed by atoms with van der Waals surface area (Å²) in [7, 11) is 5.69. The lowest BCUT2D eigenvalue weighted by Crippen LogP contribution is -2.36. The van der Waals surface area contributed by atoms with Crippen LogP contribution in [-0.4, -0.2) is 44.8 Å². The number of aliphatic imine (C=N–C) groups is 1. The zero-order chi connectivity index (χ0) is 22.1. The van der Waals surface area contributed by atoms with E-state index in [1.807, 2.05) is 39.2 Å². The van der Waals surface area contributed by atoms with Crippen LogP contribution in [-0.2, 0) is 19.6 Å². The normalized spacial score (nSPS) is 12.2. The van der Waals surface area contributed by atoms with Crippen LogP contribution in [0.2, 0.25) is 0 Å². The number of nitrogens with one attached hydrogen (secondary N) is 2. The van der Waals surface area contributed by atoms with Gasteiger partial charge in [0.2, 0.25) is 0 Å². The molecule has 0 bridgehead atoms. The van der Waals surface area contributed by atoms with E-state index in [1.54, 1.807) is 19.2 Å². The molecule has 8 heteroatoms. The van der Waals surface area contributed by atoms with Crippen LogP contribution in [0.1, 0.15) is 22.3 Å². The molecule has 0 heterocycles. The van der Waals surface area contributed by atoms with Gasteiger partial charge in [-0.3, -0.25) is 4.99 Å². The zero-order valence-corrected chi connectivity index (χ0v) is 17.8. The van der Waals surface area contributed by atoms with E-state index >= 15 is 0 Å². The summed E-state index contributed by atoms with van der Waals surface area (Å²) in [5.41, 5.74) is 3.78. The Morgan fingerprint density at radius 2 is 1.73 bits per heavy atom. The molecule has 164 valence electrons. The number of aryl methyl sites for hydroxylation is 1. The van der Waals surface area contributed by atoms with Crippen LogP contribution in [0.15, 0.2) is 47.5 Å². The summed E-state index contributed by atoms with van der Waals surface area (Å²) in [5.74, 6) is 0.766. The predicted octanol–water partition coefficient (Wildman–Crippen LogP) is 3.86. The van der Waals surface area contributed by atoms with E-state index in [-0.39, 0.29) is 12.3 Å². The van der Waals surface area contributed by atoms with Crippen molar-refractivity contribution in [1.82, 2.24) is 15.5 Å². The Kier molecular flexibility index (Phi) is 8.53. The molecule has 30 heavy (non-hydrogen) atoms. The van der Waals surface area contributed by atoms with E-state index in [9.17, 15) is 13.2 Å². The second-order valence-electron chi connectivity index (χ2n) is 7.35. The highest BCUT2D eigenvalue weighted by Gasteiger charge is 2.28. The third-order valence-corrected chi connectivity index (χ3v) is 4.23. The lowest BCUT2D eigenvalue weighted by Gasteiger charge is -2.16. The Morgan fingerprint density at radius 3 is 2.40 bits per heavy atom. The van der Waals surface area contributed by atoms with Crippen LogP contribution >= 0.6 is 0 Å². The molecule has 0 spiro atoms. The van der Waals surface area contributed by atoms with E-state index in [4.69, 9.17) is 4.74 Å². The molecule has 0 aliphatic rings. The lowest BCUT2D eigenvalue weighted by molar-refractivity contribution is -0.153. The predicted molar refractivity (Wildman–Crippen MR) is 114 cm³/mol. The van der Waals surface area contributed by atoms with Gasteiger partial charge in [0.15, 0.2) is 12.6 Å². The van der Waals surface area contributed by atoms with Gasteiger partial charge in [0, 0.05) is 32.2 Å². The highest BCUT2D eigenvalue weighted by molar-refractivity contribution is 5.79. The summed E-state index contributed by atoms with van der Waals surface area (Å²) >= 11 is 0. The first-order chi connectivity index (χ1) is 14.2. The maximum atomic E-state index is 12.5. The topological polar surface area (TPSA) is 48.9 Å². The molecule has 5 nitrogen and oxygen atoms in total. The number of nitrogens with zero attached hydrogens (tertiary/aromatic N) is 2. The smallest absolute Gasteiger partial charge is 0.422 e. The van der Waals surface area contributed by atoms with Crippen LogP contribution in [0.25, 0.3) is 0 Å². The largest absolute Gasteiger partial charge is 0.484 e. The van der Waals surface area contributed by atoms with Crippen LogP contribution in [0.4, 0.5) is 13.2 Å². The Labute approximate surface area is 176 Å². The van der Waals surface area contributed by atoms with E-state index in [2.05, 4.69) is 32.7 Å². The van der Waals surface area contributed by atoms with Crippen molar-refractivity contribution in [1.29, 1.82) is 0 Å². The molecule has 0 saturated heterocycles. The molecule has 0 atom stereocenters. The molecule has 0 amide bonds. The first kappa shape index (κ1) is 23.5. The fraction of sp³-hybridized carbons (Fsp3) is 0.409. The zero-order valence-electron chi connectivity index (χ0n) is 17.8. The van der Waals surface area contributed by atoms with Gasteiger partial charge in [-0.2, -0.15) is 13.2 Å². The van der Waals surface area contributed by atoms with E-state index in [0.29, 0.717) is 18.1 Å². The van der Waals surface area contributed by atoms with Crippen molar-refractivity contribution in [3.05, 3.63) is 64.7 Å². The van der Waals surface area contributed by atoms with Gasteiger partial charge in [0.05, 0.1) is 0 Å². The summed E-state index contributed by atoms with van der Waals surface area (Å²) in [4.78, 5) is 6.29. The maximum Gasteiger partial charge on any atom is 0.422 e. The van der Waals surface area contributed by atoms with Gasteiger partial charge in [-0.25, -0.2) is 0 Å². The number of hydrogen-bond acceptors (Lipinski definition) is 3. The van der Waals surface area contributed by atoms with Crippen molar-refractivity contribution < 1.29 is 17.9 Å². The van der Waals surface area contributed by atoms with E-state index < -0.39 is 12.8 Å². The van der Waals surface area contributed by atoms with Crippen LogP contribution in [0, 0.1) is 6.92 Å². The van der Waals surface area contributed by atoms with Gasteiger partial charge in [-0.15, -0.1) is 0 Å². The van der Waals surface area contributed by atoms with Crippen molar-refractivity contribution in [2.75, 3.05) is 27.7 Å². The summed E-state index contributed by atoms with van der Waals surface area (Å²) in [6.45, 7) is 2.21. The Morgan fingerprint density at radius 1 is 1.03 bits per heavy atom. The minimum atomic E-state index is -4.38. The maximum absolute atomic E-state index is 12.5. The van der Waals surface area contributed by atoms with Crippen LogP contribution in [0.3, 0.4) is 0 Å². The van der Waals surface area contributed by atoms with Crippen molar-refractivity contribution in [3.63, 3.8) is 0 Å². The Hall–Kier alpha value is -2.74. The van der Waals surface area contributed by atoms with Gasteiger partial charge in [-0.05, 0) is 43.8 Å². The van der Waals surface area contributed by atoms with Crippen molar-refractivity contribution in [2.24, 2.45) is 4.99 Å². The second-order valence-corrected chi connectivity index (χ2v) is 7.35. The molecule has 0 aliphatic carbocycles. The minimum absolute atomic E-state index is 0.215. The van der Waals surface area contributed by atoms with E-state index in [1.165, 1.54) is 5.56 Å². The number of alkyl halides is 3. The Balaban J connectivity index is 1.96. The fourth-order valence-electron chi connectivity index (χ4n) is 2.89. The summed E-state index contributed by atoms with van der Waals surface area (Å²) in [5, 5.41) is 6.36. The fourth-order valence-corrected chi connectivity index (χ4v) is 2.89.